The third-order valence-corrected chi connectivity index (χ3v) is 2.82. The van der Waals surface area contributed by atoms with Crippen LogP contribution < -0.4 is 5.73 Å². The molecule has 15 heavy (non-hydrogen) atoms. The third kappa shape index (κ3) is 2.02. The number of ether oxygens (including phenoxy) is 1. The van der Waals surface area contributed by atoms with E-state index in [1.165, 1.54) is 0 Å². The smallest absolute Gasteiger partial charge is 0.152 e. The Bertz CT molecular complexity index is 357. The Morgan fingerprint density at radius 2 is 2.27 bits per heavy atom. The largest absolute Gasteiger partial charge is 0.398 e. The summed E-state index contributed by atoms with van der Waals surface area (Å²) >= 11 is 0. The summed E-state index contributed by atoms with van der Waals surface area (Å²) in [5, 5.41) is 0. The molecular formula is C12H15NO2. The minimum atomic E-state index is 0.0439. The molecule has 0 bridgehead atoms. The van der Waals surface area contributed by atoms with Crippen LogP contribution >= 0.6 is 0 Å². The zero-order valence-corrected chi connectivity index (χ0v) is 8.61. The zero-order valence-electron chi connectivity index (χ0n) is 8.61. The predicted octanol–water partition coefficient (Wildman–Crippen LogP) is 2.32. The fourth-order valence-electron chi connectivity index (χ4n) is 2.00. The van der Waals surface area contributed by atoms with Crippen LogP contribution in [0.15, 0.2) is 18.2 Å². The zero-order chi connectivity index (χ0) is 10.7. The molecular weight excluding hydrogens is 190 g/mol. The number of anilines is 1. The summed E-state index contributed by atoms with van der Waals surface area (Å²) in [6.45, 7) is 0.776. The molecule has 0 aromatic heterocycles. The molecule has 0 amide bonds. The highest BCUT2D eigenvalue weighted by atomic mass is 16.5. The third-order valence-electron chi connectivity index (χ3n) is 2.82. The fourth-order valence-corrected chi connectivity index (χ4v) is 2.00. The van der Waals surface area contributed by atoms with Crippen LogP contribution in [0.25, 0.3) is 0 Å². The van der Waals surface area contributed by atoms with Crippen LogP contribution in [0.5, 0.6) is 0 Å². The number of nitrogen functional groups attached to an aromatic ring is 1. The lowest BCUT2D eigenvalue weighted by Gasteiger charge is -2.24. The molecule has 1 aromatic carbocycles. The molecule has 1 aliphatic rings. The van der Waals surface area contributed by atoms with E-state index in [1.54, 1.807) is 6.07 Å². The van der Waals surface area contributed by atoms with Crippen molar-refractivity contribution >= 4 is 12.0 Å². The van der Waals surface area contributed by atoms with E-state index in [-0.39, 0.29) is 6.10 Å². The van der Waals surface area contributed by atoms with Crippen molar-refractivity contribution in [2.45, 2.75) is 25.4 Å². The van der Waals surface area contributed by atoms with Gasteiger partial charge in [0.15, 0.2) is 6.29 Å². The van der Waals surface area contributed by atoms with E-state index in [4.69, 9.17) is 10.5 Å². The van der Waals surface area contributed by atoms with Gasteiger partial charge in [0, 0.05) is 17.9 Å². The van der Waals surface area contributed by atoms with Gasteiger partial charge in [0.1, 0.15) is 0 Å². The first-order valence-electron chi connectivity index (χ1n) is 5.28. The quantitative estimate of drug-likeness (QED) is 0.595. The summed E-state index contributed by atoms with van der Waals surface area (Å²) in [6.07, 6.45) is 4.10. The lowest BCUT2D eigenvalue weighted by molar-refractivity contribution is 0.0146. The normalized spacial score (nSPS) is 21.2. The Morgan fingerprint density at radius 1 is 1.40 bits per heavy atom. The molecule has 1 heterocycles. The van der Waals surface area contributed by atoms with Gasteiger partial charge in [-0.2, -0.15) is 0 Å². The maximum absolute atomic E-state index is 11.0. The van der Waals surface area contributed by atoms with Crippen molar-refractivity contribution in [2.24, 2.45) is 0 Å². The fraction of sp³-hybridized carbons (Fsp3) is 0.417. The maximum Gasteiger partial charge on any atom is 0.152 e. The van der Waals surface area contributed by atoms with E-state index >= 15 is 0 Å². The molecule has 3 heteroatoms. The standard InChI is InChI=1S/C12H15NO2/c13-11-5-3-4-9(10(11)8-14)12-6-1-2-7-15-12/h3-5,8,12H,1-2,6-7,13H2. The Hall–Kier alpha value is -1.35. The van der Waals surface area contributed by atoms with Crippen molar-refractivity contribution < 1.29 is 9.53 Å². The topological polar surface area (TPSA) is 52.3 Å². The van der Waals surface area contributed by atoms with Gasteiger partial charge in [-0.1, -0.05) is 12.1 Å². The molecule has 1 fully saturated rings. The van der Waals surface area contributed by atoms with E-state index in [2.05, 4.69) is 0 Å². The summed E-state index contributed by atoms with van der Waals surface area (Å²) in [6, 6.07) is 5.54. The van der Waals surface area contributed by atoms with Gasteiger partial charge in [-0.25, -0.2) is 0 Å². The van der Waals surface area contributed by atoms with Crippen LogP contribution in [0.2, 0.25) is 0 Å². The van der Waals surface area contributed by atoms with Crippen LogP contribution in [0.1, 0.15) is 41.3 Å². The SMILES string of the molecule is Nc1cccc(C2CCCCO2)c1C=O. The van der Waals surface area contributed by atoms with E-state index in [9.17, 15) is 4.79 Å². The summed E-state index contributed by atoms with van der Waals surface area (Å²) in [7, 11) is 0. The Labute approximate surface area is 89.2 Å². The second-order valence-electron chi connectivity index (χ2n) is 3.82. The second-order valence-corrected chi connectivity index (χ2v) is 3.82. The van der Waals surface area contributed by atoms with Gasteiger partial charge in [0.2, 0.25) is 0 Å². The molecule has 1 saturated heterocycles. The van der Waals surface area contributed by atoms with E-state index < -0.39 is 0 Å². The van der Waals surface area contributed by atoms with Crippen LogP contribution in [-0.2, 0) is 4.74 Å². The molecule has 80 valence electrons. The van der Waals surface area contributed by atoms with E-state index in [1.807, 2.05) is 12.1 Å². The van der Waals surface area contributed by atoms with Crippen molar-refractivity contribution in [2.75, 3.05) is 12.3 Å². The summed E-state index contributed by atoms with van der Waals surface area (Å²) in [4.78, 5) is 11.0. The molecule has 2 rings (SSSR count). The number of carbonyl (C=O) groups is 1. The van der Waals surface area contributed by atoms with Crippen molar-refractivity contribution in [3.8, 4) is 0 Å². The number of carbonyl (C=O) groups excluding carboxylic acids is 1. The van der Waals surface area contributed by atoms with Crippen molar-refractivity contribution in [3.05, 3.63) is 29.3 Å². The van der Waals surface area contributed by atoms with Gasteiger partial charge in [-0.3, -0.25) is 4.79 Å². The highest BCUT2D eigenvalue weighted by Crippen LogP contribution is 2.31. The number of benzene rings is 1. The molecule has 1 atom stereocenters. The van der Waals surface area contributed by atoms with Crippen molar-refractivity contribution in [1.82, 2.24) is 0 Å². The van der Waals surface area contributed by atoms with Gasteiger partial charge < -0.3 is 10.5 Å². The van der Waals surface area contributed by atoms with Gasteiger partial charge in [0.25, 0.3) is 0 Å². The molecule has 3 nitrogen and oxygen atoms in total. The van der Waals surface area contributed by atoms with E-state index in [0.29, 0.717) is 11.3 Å². The first-order valence-corrected chi connectivity index (χ1v) is 5.28. The molecule has 1 aliphatic heterocycles. The van der Waals surface area contributed by atoms with Crippen molar-refractivity contribution in [1.29, 1.82) is 0 Å². The van der Waals surface area contributed by atoms with Gasteiger partial charge >= 0.3 is 0 Å². The van der Waals surface area contributed by atoms with Crippen LogP contribution in [0.3, 0.4) is 0 Å². The van der Waals surface area contributed by atoms with Gasteiger partial charge in [-0.15, -0.1) is 0 Å². The van der Waals surface area contributed by atoms with Crippen LogP contribution in [0, 0.1) is 0 Å². The molecule has 0 aliphatic carbocycles. The highest BCUT2D eigenvalue weighted by Gasteiger charge is 2.19. The summed E-state index contributed by atoms with van der Waals surface area (Å²) in [5.41, 5.74) is 7.81. The molecule has 1 aromatic rings. The first-order chi connectivity index (χ1) is 7.33. The lowest BCUT2D eigenvalue weighted by atomic mass is 9.96. The molecule has 0 spiro atoms. The second kappa shape index (κ2) is 4.45. The summed E-state index contributed by atoms with van der Waals surface area (Å²) < 4.78 is 5.65. The van der Waals surface area contributed by atoms with E-state index in [0.717, 1.165) is 37.7 Å². The Morgan fingerprint density at radius 3 is 2.93 bits per heavy atom. The number of nitrogens with two attached hydrogens (primary N) is 1. The van der Waals surface area contributed by atoms with Crippen LogP contribution in [-0.4, -0.2) is 12.9 Å². The lowest BCUT2D eigenvalue weighted by Crippen LogP contribution is -2.14. The maximum atomic E-state index is 11.0. The van der Waals surface area contributed by atoms with Crippen LogP contribution in [0.4, 0.5) is 5.69 Å². The summed E-state index contributed by atoms with van der Waals surface area (Å²) in [5.74, 6) is 0. The average molecular weight is 205 g/mol. The monoisotopic (exact) mass is 205 g/mol. The molecule has 0 radical (unpaired) electrons. The highest BCUT2D eigenvalue weighted by molar-refractivity contribution is 5.85. The van der Waals surface area contributed by atoms with Gasteiger partial charge in [-0.05, 0) is 30.9 Å². The van der Waals surface area contributed by atoms with Crippen molar-refractivity contribution in [3.63, 3.8) is 0 Å². The minimum Gasteiger partial charge on any atom is -0.398 e. The Balaban J connectivity index is 2.33. The molecule has 0 saturated carbocycles. The number of hydrogen-bond donors (Lipinski definition) is 1. The minimum absolute atomic E-state index is 0.0439. The number of hydrogen-bond acceptors (Lipinski definition) is 3. The number of rotatable bonds is 2. The number of aldehydes is 1. The Kier molecular flexibility index (Phi) is 3.02. The average Bonchev–Trinajstić information content (AvgIpc) is 2.30. The van der Waals surface area contributed by atoms with Gasteiger partial charge in [0.05, 0.1) is 6.10 Å². The predicted molar refractivity (Wildman–Crippen MR) is 58.8 cm³/mol. The first kappa shape index (κ1) is 10.2. The molecule has 2 N–H and O–H groups in total. The molecule has 1 unspecified atom stereocenters.